The van der Waals surface area contributed by atoms with Gasteiger partial charge in [0.05, 0.1) is 43.0 Å². The predicted octanol–water partition coefficient (Wildman–Crippen LogP) is 2.76. The number of aromatic nitrogens is 3. The summed E-state index contributed by atoms with van der Waals surface area (Å²) < 4.78 is 10.8. The van der Waals surface area contributed by atoms with Crippen LogP contribution in [0, 0.1) is 11.3 Å². The number of methoxy groups -OCH3 is 1. The third-order valence-corrected chi connectivity index (χ3v) is 5.89. The summed E-state index contributed by atoms with van der Waals surface area (Å²) in [5.41, 5.74) is 1.89. The van der Waals surface area contributed by atoms with Crippen molar-refractivity contribution >= 4 is 41.7 Å². The van der Waals surface area contributed by atoms with Gasteiger partial charge in [-0.3, -0.25) is 0 Å². The van der Waals surface area contributed by atoms with Gasteiger partial charge in [0.2, 0.25) is 5.95 Å². The van der Waals surface area contributed by atoms with E-state index in [1.165, 1.54) is 5.30 Å². The van der Waals surface area contributed by atoms with E-state index in [-0.39, 0.29) is 14.0 Å². The van der Waals surface area contributed by atoms with Gasteiger partial charge in [0, 0.05) is 6.20 Å². The Kier molecular flexibility index (Phi) is 5.03. The molecule has 4 rings (SSSR count). The van der Waals surface area contributed by atoms with Crippen molar-refractivity contribution in [3.05, 3.63) is 30.0 Å². The lowest BCUT2D eigenvalue weighted by Crippen LogP contribution is -2.40. The first-order valence-electron chi connectivity index (χ1n) is 8.85. The fourth-order valence-electron chi connectivity index (χ4n) is 2.98. The highest BCUT2D eigenvalue weighted by molar-refractivity contribution is 7.64. The Morgan fingerprint density at radius 1 is 1.32 bits per heavy atom. The monoisotopic (exact) mass is 396 g/mol. The highest BCUT2D eigenvalue weighted by Crippen LogP contribution is 2.33. The lowest BCUT2D eigenvalue weighted by Gasteiger charge is -2.27. The number of nitrogens with zero attached hydrogens (tertiary/aromatic N) is 3. The topological polar surface area (TPSA) is 108 Å². The fourth-order valence-corrected chi connectivity index (χ4v) is 3.72. The standard InChI is InChI=1S/C19H21N6O2P/c1-26-15-6-13(28(2)3)4-5-14(15)23-19-24-17-16(11(7-20)8-21-17)18(25-19)22-12-9-27-10-12/h4-6,8,12H,9-10H2,1-3H3,(H3,21,22,23,24,25). The molecule has 144 valence electrons. The molecule has 0 atom stereocenters. The van der Waals surface area contributed by atoms with Crippen molar-refractivity contribution in [2.75, 3.05) is 44.3 Å². The van der Waals surface area contributed by atoms with Crippen molar-refractivity contribution in [1.82, 2.24) is 15.0 Å². The second-order valence-electron chi connectivity index (χ2n) is 6.72. The molecule has 9 heteroatoms. The van der Waals surface area contributed by atoms with Gasteiger partial charge in [-0.2, -0.15) is 15.2 Å². The third kappa shape index (κ3) is 3.47. The Balaban J connectivity index is 1.72. The lowest BCUT2D eigenvalue weighted by atomic mass is 10.2. The minimum atomic E-state index is -0.219. The van der Waals surface area contributed by atoms with Gasteiger partial charge in [0.15, 0.2) is 0 Å². The average molecular weight is 396 g/mol. The second-order valence-corrected chi connectivity index (χ2v) is 9.02. The van der Waals surface area contributed by atoms with Crippen LogP contribution in [-0.2, 0) is 4.74 Å². The summed E-state index contributed by atoms with van der Waals surface area (Å²) >= 11 is 0. The largest absolute Gasteiger partial charge is 0.495 e. The first-order valence-corrected chi connectivity index (χ1v) is 11.1. The number of nitriles is 1. The molecule has 8 nitrogen and oxygen atoms in total. The zero-order chi connectivity index (χ0) is 19.7. The highest BCUT2D eigenvalue weighted by Gasteiger charge is 2.22. The van der Waals surface area contributed by atoms with Crippen LogP contribution in [0.4, 0.5) is 17.5 Å². The van der Waals surface area contributed by atoms with Gasteiger partial charge in [-0.25, -0.2) is 0 Å². The number of anilines is 3. The molecule has 0 aliphatic carbocycles. The van der Waals surface area contributed by atoms with E-state index in [1.807, 2.05) is 12.1 Å². The number of nitrogens with one attached hydrogen (secondary N) is 3. The summed E-state index contributed by atoms with van der Waals surface area (Å²) in [7, 11) is 1.43. The van der Waals surface area contributed by atoms with E-state index >= 15 is 0 Å². The summed E-state index contributed by atoms with van der Waals surface area (Å²) in [4.78, 5) is 12.2. The Hall–Kier alpha value is -2.88. The number of hydrogen-bond donors (Lipinski definition) is 3. The van der Waals surface area contributed by atoms with E-state index in [0.717, 1.165) is 11.4 Å². The van der Waals surface area contributed by atoms with Crippen LogP contribution in [0.25, 0.3) is 11.0 Å². The van der Waals surface area contributed by atoms with Crippen LogP contribution >= 0.6 is 7.92 Å². The highest BCUT2D eigenvalue weighted by atomic mass is 31.1. The minimum Gasteiger partial charge on any atom is -0.495 e. The van der Waals surface area contributed by atoms with E-state index in [2.05, 4.69) is 51.1 Å². The van der Waals surface area contributed by atoms with Crippen molar-refractivity contribution in [3.8, 4) is 11.8 Å². The average Bonchev–Trinajstić information content (AvgIpc) is 3.08. The molecule has 1 saturated heterocycles. The van der Waals surface area contributed by atoms with Crippen molar-refractivity contribution < 1.29 is 9.47 Å². The van der Waals surface area contributed by atoms with Gasteiger partial charge < -0.3 is 25.1 Å². The molecular weight excluding hydrogens is 375 g/mol. The van der Waals surface area contributed by atoms with E-state index in [1.54, 1.807) is 13.3 Å². The van der Waals surface area contributed by atoms with Gasteiger partial charge >= 0.3 is 0 Å². The third-order valence-electron chi connectivity index (χ3n) is 4.58. The molecule has 0 radical (unpaired) electrons. The Morgan fingerprint density at radius 2 is 2.14 bits per heavy atom. The number of rotatable bonds is 6. The maximum absolute atomic E-state index is 9.39. The summed E-state index contributed by atoms with van der Waals surface area (Å²) in [6.45, 7) is 5.64. The Morgan fingerprint density at radius 3 is 2.79 bits per heavy atom. The van der Waals surface area contributed by atoms with Crippen LogP contribution in [0.5, 0.6) is 5.75 Å². The molecule has 1 fully saturated rings. The molecular formula is C19H21N6O2P. The van der Waals surface area contributed by atoms with E-state index in [9.17, 15) is 5.26 Å². The van der Waals surface area contributed by atoms with Gasteiger partial charge in [-0.15, -0.1) is 0 Å². The first-order chi connectivity index (χ1) is 13.6. The molecule has 1 aliphatic heterocycles. The summed E-state index contributed by atoms with van der Waals surface area (Å²) in [5, 5.41) is 17.9. The number of hydrogen-bond acceptors (Lipinski definition) is 7. The Bertz CT molecular complexity index is 1050. The van der Waals surface area contributed by atoms with Gasteiger partial charge in [0.1, 0.15) is 23.3 Å². The van der Waals surface area contributed by atoms with Crippen LogP contribution in [0.2, 0.25) is 0 Å². The fraction of sp³-hybridized carbons (Fsp3) is 0.316. The smallest absolute Gasteiger partial charge is 0.231 e. The molecule has 0 saturated carbocycles. The van der Waals surface area contributed by atoms with Gasteiger partial charge in [-0.05, 0) is 30.8 Å². The molecule has 2 aromatic heterocycles. The molecule has 0 bridgehead atoms. The zero-order valence-corrected chi connectivity index (χ0v) is 16.8. The summed E-state index contributed by atoms with van der Waals surface area (Å²) in [6, 6.07) is 8.46. The maximum Gasteiger partial charge on any atom is 0.231 e. The van der Waals surface area contributed by atoms with Crippen LogP contribution in [0.1, 0.15) is 5.56 Å². The zero-order valence-electron chi connectivity index (χ0n) is 15.9. The molecule has 3 heterocycles. The van der Waals surface area contributed by atoms with E-state index in [0.29, 0.717) is 41.6 Å². The van der Waals surface area contributed by atoms with Crippen molar-refractivity contribution in [2.45, 2.75) is 6.04 Å². The number of ether oxygens (including phenoxy) is 2. The van der Waals surface area contributed by atoms with Crippen molar-refractivity contribution in [1.29, 1.82) is 5.26 Å². The van der Waals surface area contributed by atoms with Crippen LogP contribution in [0.15, 0.2) is 24.4 Å². The van der Waals surface area contributed by atoms with E-state index < -0.39 is 0 Å². The molecule has 3 N–H and O–H groups in total. The predicted molar refractivity (Wildman–Crippen MR) is 112 cm³/mol. The first kappa shape index (κ1) is 18.5. The maximum atomic E-state index is 9.39. The molecule has 28 heavy (non-hydrogen) atoms. The number of aromatic amines is 1. The SMILES string of the molecule is COc1cc(P(C)C)ccc1Nc1nc(NC2COC2)c2c(C#N)c[nH]c2n1. The number of H-pyrrole nitrogens is 1. The molecule has 0 unspecified atom stereocenters. The van der Waals surface area contributed by atoms with Gasteiger partial charge in [0.25, 0.3) is 0 Å². The molecule has 1 aromatic carbocycles. The Labute approximate surface area is 164 Å². The molecule has 1 aliphatic rings. The van der Waals surface area contributed by atoms with Crippen molar-refractivity contribution in [3.63, 3.8) is 0 Å². The summed E-state index contributed by atoms with van der Waals surface area (Å²) in [5.74, 6) is 1.77. The molecule has 0 spiro atoms. The molecule has 3 aromatic rings. The van der Waals surface area contributed by atoms with Crippen LogP contribution in [0.3, 0.4) is 0 Å². The second kappa shape index (κ2) is 7.63. The van der Waals surface area contributed by atoms with Crippen LogP contribution < -0.4 is 20.7 Å². The quantitative estimate of drug-likeness (QED) is 0.550. The van der Waals surface area contributed by atoms with E-state index in [4.69, 9.17) is 9.47 Å². The number of fused-ring (bicyclic) bond motifs is 1. The minimum absolute atomic E-state index is 0.176. The lowest BCUT2D eigenvalue weighted by molar-refractivity contribution is 0.0210. The molecule has 0 amide bonds. The van der Waals surface area contributed by atoms with Crippen molar-refractivity contribution in [2.24, 2.45) is 0 Å². The summed E-state index contributed by atoms with van der Waals surface area (Å²) in [6.07, 6.45) is 1.64. The normalized spacial score (nSPS) is 14.0. The van der Waals surface area contributed by atoms with Crippen LogP contribution in [-0.4, -0.2) is 54.6 Å². The number of benzene rings is 1. The van der Waals surface area contributed by atoms with Gasteiger partial charge in [-0.1, -0.05) is 14.0 Å².